The molecule has 0 saturated heterocycles. The van der Waals surface area contributed by atoms with Crippen LogP contribution in [0.3, 0.4) is 0 Å². The van der Waals surface area contributed by atoms with E-state index in [1.165, 1.54) is 35.1 Å². The molecule has 3 heterocycles. The molecule has 2 aromatic heterocycles. The number of nitrogens with zero attached hydrogens (tertiary/aromatic N) is 2. The highest BCUT2D eigenvalue weighted by Crippen LogP contribution is 2.35. The fourth-order valence-electron chi connectivity index (χ4n) is 2.88. The van der Waals surface area contributed by atoms with E-state index in [4.69, 9.17) is 16.0 Å². The first-order chi connectivity index (χ1) is 14.0. The lowest BCUT2D eigenvalue weighted by atomic mass is 10.2. The highest BCUT2D eigenvalue weighted by atomic mass is 35.5. The molecule has 4 rings (SSSR count). The lowest BCUT2D eigenvalue weighted by Gasteiger charge is -2.28. The van der Waals surface area contributed by atoms with Gasteiger partial charge in [-0.3, -0.25) is 14.5 Å². The monoisotopic (exact) mass is 431 g/mol. The van der Waals surface area contributed by atoms with Gasteiger partial charge in [0.15, 0.2) is 0 Å². The van der Waals surface area contributed by atoms with Crippen LogP contribution in [0.5, 0.6) is 0 Å². The van der Waals surface area contributed by atoms with Gasteiger partial charge in [0.05, 0.1) is 30.0 Å². The minimum absolute atomic E-state index is 0.0671. The molecule has 6 nitrogen and oxygen atoms in total. The van der Waals surface area contributed by atoms with Crippen molar-refractivity contribution in [3.8, 4) is 0 Å². The summed E-state index contributed by atoms with van der Waals surface area (Å²) in [6.07, 6.45) is 1.52. The minimum atomic E-state index is -0.502. The highest BCUT2D eigenvalue weighted by Gasteiger charge is 2.28. The van der Waals surface area contributed by atoms with Crippen LogP contribution < -0.4 is 10.2 Å². The summed E-state index contributed by atoms with van der Waals surface area (Å²) in [6.45, 7) is 0.148. The molecular weight excluding hydrogens is 417 g/mol. The number of benzene rings is 1. The summed E-state index contributed by atoms with van der Waals surface area (Å²) < 4.78 is 19.4. The van der Waals surface area contributed by atoms with Crippen molar-refractivity contribution in [2.24, 2.45) is 0 Å². The smallest absolute Gasteiger partial charge is 0.270 e. The zero-order valence-corrected chi connectivity index (χ0v) is 16.6. The molecule has 1 N–H and O–H groups in total. The Labute approximate surface area is 175 Å². The van der Waals surface area contributed by atoms with Gasteiger partial charge in [-0.25, -0.2) is 9.37 Å². The Kier molecular flexibility index (Phi) is 5.55. The molecule has 0 radical (unpaired) electrons. The Morgan fingerprint density at radius 2 is 2.14 bits per heavy atom. The van der Waals surface area contributed by atoms with Crippen LogP contribution in [0, 0.1) is 5.82 Å². The fourth-order valence-corrected chi connectivity index (χ4v) is 3.99. The van der Waals surface area contributed by atoms with Crippen LogP contribution in [0.1, 0.15) is 21.8 Å². The van der Waals surface area contributed by atoms with E-state index in [1.807, 2.05) is 0 Å². The van der Waals surface area contributed by atoms with Gasteiger partial charge in [0.2, 0.25) is 5.91 Å². The van der Waals surface area contributed by atoms with Crippen molar-refractivity contribution in [2.75, 3.05) is 10.7 Å². The second-order valence-corrected chi connectivity index (χ2v) is 7.67. The number of hydrogen-bond acceptors (Lipinski definition) is 5. The van der Waals surface area contributed by atoms with Crippen LogP contribution >= 0.6 is 23.4 Å². The molecule has 0 atom stereocenters. The molecular formula is C20H15ClFN3O3S. The standard InChI is InChI=1S/C20H15ClFN3O3S/c21-14-4-1-5-15(22)13(14)10-25-18(26)11-29-17-7-6-16(24-19(17)25)20(27)23-9-12-3-2-8-28-12/h1-8H,9-11H2,(H,23,27). The van der Waals surface area contributed by atoms with Gasteiger partial charge >= 0.3 is 0 Å². The number of carbonyl (C=O) groups excluding carboxylic acids is 2. The first-order valence-corrected chi connectivity index (χ1v) is 10.1. The summed E-state index contributed by atoms with van der Waals surface area (Å²) in [4.78, 5) is 31.5. The van der Waals surface area contributed by atoms with E-state index < -0.39 is 11.7 Å². The Morgan fingerprint density at radius 3 is 2.90 bits per heavy atom. The van der Waals surface area contributed by atoms with Gasteiger partial charge in [-0.15, -0.1) is 11.8 Å². The third kappa shape index (κ3) is 4.13. The summed E-state index contributed by atoms with van der Waals surface area (Å²) in [6, 6.07) is 11.2. The molecule has 3 aromatic rings. The van der Waals surface area contributed by atoms with Gasteiger partial charge in [0.25, 0.3) is 5.91 Å². The van der Waals surface area contributed by atoms with Crippen LogP contribution in [0.4, 0.5) is 10.2 Å². The molecule has 0 aliphatic carbocycles. The van der Waals surface area contributed by atoms with E-state index >= 15 is 0 Å². The van der Waals surface area contributed by atoms with E-state index in [2.05, 4.69) is 10.3 Å². The van der Waals surface area contributed by atoms with E-state index in [0.29, 0.717) is 11.6 Å². The second kappa shape index (κ2) is 8.26. The number of halogens is 2. The minimum Gasteiger partial charge on any atom is -0.467 e. The maximum Gasteiger partial charge on any atom is 0.270 e. The second-order valence-electron chi connectivity index (χ2n) is 6.25. The van der Waals surface area contributed by atoms with E-state index in [9.17, 15) is 14.0 Å². The topological polar surface area (TPSA) is 75.4 Å². The van der Waals surface area contributed by atoms with Crippen molar-refractivity contribution in [1.82, 2.24) is 10.3 Å². The zero-order chi connectivity index (χ0) is 20.4. The van der Waals surface area contributed by atoms with Gasteiger partial charge in [0.1, 0.15) is 23.1 Å². The number of carbonyl (C=O) groups is 2. The average Bonchev–Trinajstić information content (AvgIpc) is 3.23. The van der Waals surface area contributed by atoms with Gasteiger partial charge in [0, 0.05) is 10.6 Å². The maximum absolute atomic E-state index is 14.2. The normalized spacial score (nSPS) is 13.3. The molecule has 0 fully saturated rings. The average molecular weight is 432 g/mol. The predicted molar refractivity (Wildman–Crippen MR) is 107 cm³/mol. The number of thioether (sulfide) groups is 1. The Hall–Kier alpha value is -2.84. The van der Waals surface area contributed by atoms with Crippen molar-refractivity contribution in [3.63, 3.8) is 0 Å². The van der Waals surface area contributed by atoms with Crippen LogP contribution in [-0.2, 0) is 17.9 Å². The van der Waals surface area contributed by atoms with Crippen LogP contribution in [0.15, 0.2) is 58.0 Å². The summed E-state index contributed by atoms with van der Waals surface area (Å²) in [5.74, 6) is -0.0183. The molecule has 2 amide bonds. The summed E-state index contributed by atoms with van der Waals surface area (Å²) in [7, 11) is 0. The third-order valence-corrected chi connectivity index (χ3v) is 5.74. The predicted octanol–water partition coefficient (Wildman–Crippen LogP) is 4.04. The number of fused-ring (bicyclic) bond motifs is 1. The molecule has 9 heteroatoms. The summed E-state index contributed by atoms with van der Waals surface area (Å²) >= 11 is 7.44. The van der Waals surface area contributed by atoms with E-state index in [-0.39, 0.29) is 41.0 Å². The van der Waals surface area contributed by atoms with Crippen molar-refractivity contribution in [2.45, 2.75) is 18.0 Å². The van der Waals surface area contributed by atoms with E-state index in [0.717, 1.165) is 4.90 Å². The first-order valence-electron chi connectivity index (χ1n) is 8.70. The van der Waals surface area contributed by atoms with E-state index in [1.54, 1.807) is 30.3 Å². The van der Waals surface area contributed by atoms with Crippen molar-refractivity contribution < 1.29 is 18.4 Å². The SMILES string of the molecule is O=C(NCc1ccco1)c1ccc2c(n1)N(Cc1c(F)cccc1Cl)C(=O)CS2. The van der Waals surface area contributed by atoms with Crippen molar-refractivity contribution in [1.29, 1.82) is 0 Å². The third-order valence-electron chi connectivity index (χ3n) is 4.36. The zero-order valence-electron chi connectivity index (χ0n) is 15.0. The van der Waals surface area contributed by atoms with Gasteiger partial charge < -0.3 is 9.73 Å². The van der Waals surface area contributed by atoms with Crippen molar-refractivity contribution in [3.05, 3.63) is 76.6 Å². The number of nitrogens with one attached hydrogen (secondary N) is 1. The molecule has 0 bridgehead atoms. The molecule has 0 spiro atoms. The number of hydrogen-bond donors (Lipinski definition) is 1. The van der Waals surface area contributed by atoms with Crippen LogP contribution in [0.25, 0.3) is 0 Å². The molecule has 1 aromatic carbocycles. The molecule has 1 aliphatic heterocycles. The summed E-state index contributed by atoms with van der Waals surface area (Å²) in [5.41, 5.74) is 0.352. The van der Waals surface area contributed by atoms with Crippen molar-refractivity contribution >= 4 is 41.0 Å². The Bertz CT molecular complexity index is 1050. The lowest BCUT2D eigenvalue weighted by molar-refractivity contribution is -0.116. The first kappa shape index (κ1) is 19.5. The van der Waals surface area contributed by atoms with Crippen LogP contribution in [-0.4, -0.2) is 22.6 Å². The largest absolute Gasteiger partial charge is 0.467 e. The number of amides is 2. The lowest BCUT2D eigenvalue weighted by Crippen LogP contribution is -2.36. The quantitative estimate of drug-likeness (QED) is 0.660. The maximum atomic E-state index is 14.2. The Morgan fingerprint density at radius 1 is 1.28 bits per heavy atom. The van der Waals surface area contributed by atoms with Gasteiger partial charge in [-0.2, -0.15) is 0 Å². The molecule has 1 aliphatic rings. The van der Waals surface area contributed by atoms with Gasteiger partial charge in [-0.05, 0) is 36.4 Å². The fraction of sp³-hybridized carbons (Fsp3) is 0.150. The number of aromatic nitrogens is 1. The Balaban J connectivity index is 1.60. The highest BCUT2D eigenvalue weighted by molar-refractivity contribution is 8.00. The van der Waals surface area contributed by atoms with Gasteiger partial charge in [-0.1, -0.05) is 17.7 Å². The number of furan rings is 1. The van der Waals surface area contributed by atoms with Crippen LogP contribution in [0.2, 0.25) is 5.02 Å². The number of anilines is 1. The molecule has 0 unspecified atom stereocenters. The molecule has 148 valence electrons. The number of pyridine rings is 1. The molecule has 0 saturated carbocycles. The molecule has 29 heavy (non-hydrogen) atoms. The summed E-state index contributed by atoms with van der Waals surface area (Å²) in [5, 5.41) is 2.94. The number of rotatable bonds is 5.